The van der Waals surface area contributed by atoms with Gasteiger partial charge in [-0.2, -0.15) is 0 Å². The number of rotatable bonds is 3. The molecule has 1 unspecified atom stereocenters. The molecule has 1 nitrogen and oxygen atoms in total. The van der Waals surface area contributed by atoms with Gasteiger partial charge in [0, 0.05) is 11.1 Å². The third-order valence-corrected chi connectivity index (χ3v) is 2.85. The Labute approximate surface area is 104 Å². The van der Waals surface area contributed by atoms with Crippen molar-refractivity contribution >= 4 is 17.4 Å². The van der Waals surface area contributed by atoms with E-state index >= 15 is 0 Å². The van der Waals surface area contributed by atoms with Gasteiger partial charge in [-0.15, -0.1) is 0 Å². The summed E-state index contributed by atoms with van der Waals surface area (Å²) in [5.74, 6) is -0.744. The van der Waals surface area contributed by atoms with Gasteiger partial charge in [-0.25, -0.2) is 4.39 Å². The number of hydrogen-bond donors (Lipinski definition) is 0. The minimum Gasteiger partial charge on any atom is -0.289 e. The molecular formula is C14H10ClFO. The van der Waals surface area contributed by atoms with Crippen LogP contribution in [0.3, 0.4) is 0 Å². The van der Waals surface area contributed by atoms with Gasteiger partial charge in [0.1, 0.15) is 0 Å². The van der Waals surface area contributed by atoms with Crippen LogP contribution in [0.1, 0.15) is 15.9 Å². The Morgan fingerprint density at radius 1 is 0.941 bits per heavy atom. The molecule has 0 saturated heterocycles. The third kappa shape index (κ3) is 2.37. The standard InChI is InChI=1S/C14H10ClFO/c15-14(16,12-9-5-2-6-10-12)13(17)11-7-3-1-4-8-11/h1-10H. The lowest BCUT2D eigenvalue weighted by atomic mass is 10.0. The number of carbonyl (C=O) groups excluding carboxylic acids is 1. The molecule has 0 aliphatic rings. The minimum atomic E-state index is -2.51. The summed E-state index contributed by atoms with van der Waals surface area (Å²) in [6.45, 7) is 0. The van der Waals surface area contributed by atoms with Crippen LogP contribution in [0.15, 0.2) is 60.7 Å². The van der Waals surface area contributed by atoms with E-state index in [1.807, 2.05) is 0 Å². The van der Waals surface area contributed by atoms with Crippen molar-refractivity contribution in [2.24, 2.45) is 0 Å². The molecule has 0 spiro atoms. The van der Waals surface area contributed by atoms with E-state index in [1.165, 1.54) is 12.1 Å². The maximum atomic E-state index is 14.3. The Balaban J connectivity index is 2.37. The lowest BCUT2D eigenvalue weighted by molar-refractivity contribution is 0.0827. The van der Waals surface area contributed by atoms with Crippen LogP contribution >= 0.6 is 11.6 Å². The summed E-state index contributed by atoms with van der Waals surface area (Å²) in [5, 5.41) is -2.51. The largest absolute Gasteiger partial charge is 0.289 e. The van der Waals surface area contributed by atoms with Crippen molar-refractivity contribution in [2.45, 2.75) is 5.13 Å². The molecule has 0 N–H and O–H groups in total. The predicted molar refractivity (Wildman–Crippen MR) is 65.9 cm³/mol. The van der Waals surface area contributed by atoms with Crippen molar-refractivity contribution in [1.82, 2.24) is 0 Å². The highest BCUT2D eigenvalue weighted by molar-refractivity contribution is 6.36. The highest BCUT2D eigenvalue weighted by Crippen LogP contribution is 2.34. The van der Waals surface area contributed by atoms with E-state index in [0.29, 0.717) is 0 Å². The van der Waals surface area contributed by atoms with Crippen LogP contribution in [0, 0.1) is 0 Å². The zero-order chi connectivity index (χ0) is 12.3. The Bertz CT molecular complexity index is 508. The third-order valence-electron chi connectivity index (χ3n) is 2.46. The maximum absolute atomic E-state index is 14.3. The lowest BCUT2D eigenvalue weighted by Gasteiger charge is -2.16. The van der Waals surface area contributed by atoms with Gasteiger partial charge >= 0.3 is 0 Å². The maximum Gasteiger partial charge on any atom is 0.271 e. The first-order valence-electron chi connectivity index (χ1n) is 5.15. The Morgan fingerprint density at radius 2 is 1.41 bits per heavy atom. The number of benzene rings is 2. The number of Topliss-reactive ketones (excluding diaryl/α,β-unsaturated/α-hetero) is 1. The Hall–Kier alpha value is -1.67. The number of alkyl halides is 2. The van der Waals surface area contributed by atoms with E-state index in [4.69, 9.17) is 11.6 Å². The Morgan fingerprint density at radius 3 is 1.94 bits per heavy atom. The van der Waals surface area contributed by atoms with E-state index in [2.05, 4.69) is 0 Å². The molecule has 0 aromatic heterocycles. The van der Waals surface area contributed by atoms with Crippen LogP contribution in [-0.4, -0.2) is 5.78 Å². The van der Waals surface area contributed by atoms with Gasteiger partial charge in [0.05, 0.1) is 0 Å². The Kier molecular flexibility index (Phi) is 3.25. The monoisotopic (exact) mass is 248 g/mol. The molecular weight excluding hydrogens is 239 g/mol. The van der Waals surface area contributed by atoms with Crippen LogP contribution in [0.25, 0.3) is 0 Å². The van der Waals surface area contributed by atoms with E-state index in [-0.39, 0.29) is 11.1 Å². The normalized spacial score (nSPS) is 14.0. The molecule has 0 bridgehead atoms. The van der Waals surface area contributed by atoms with Crippen LogP contribution < -0.4 is 0 Å². The number of halogens is 2. The molecule has 17 heavy (non-hydrogen) atoms. The highest BCUT2D eigenvalue weighted by atomic mass is 35.5. The second-order valence-electron chi connectivity index (χ2n) is 3.64. The quantitative estimate of drug-likeness (QED) is 0.594. The second-order valence-corrected chi connectivity index (χ2v) is 4.16. The van der Waals surface area contributed by atoms with Gasteiger partial charge in [0.25, 0.3) is 5.13 Å². The average Bonchev–Trinajstić information content (AvgIpc) is 2.40. The van der Waals surface area contributed by atoms with Crippen LogP contribution in [-0.2, 0) is 5.13 Å². The van der Waals surface area contributed by atoms with Gasteiger partial charge in [-0.05, 0) is 0 Å². The summed E-state index contributed by atoms with van der Waals surface area (Å²) in [7, 11) is 0. The fourth-order valence-corrected chi connectivity index (χ4v) is 1.78. The molecule has 0 heterocycles. The first-order chi connectivity index (χ1) is 8.12. The molecule has 2 aromatic rings. The summed E-state index contributed by atoms with van der Waals surface area (Å²) in [4.78, 5) is 12.0. The van der Waals surface area contributed by atoms with Crippen molar-refractivity contribution < 1.29 is 9.18 Å². The smallest absolute Gasteiger partial charge is 0.271 e. The number of carbonyl (C=O) groups is 1. The number of hydrogen-bond acceptors (Lipinski definition) is 1. The molecule has 0 saturated carbocycles. The predicted octanol–water partition coefficient (Wildman–Crippen LogP) is 3.93. The molecule has 2 aromatic carbocycles. The van der Waals surface area contributed by atoms with Gasteiger partial charge < -0.3 is 0 Å². The van der Waals surface area contributed by atoms with Gasteiger partial charge in [0.15, 0.2) is 0 Å². The van der Waals surface area contributed by atoms with Crippen LogP contribution in [0.4, 0.5) is 4.39 Å². The first-order valence-corrected chi connectivity index (χ1v) is 5.53. The topological polar surface area (TPSA) is 17.1 Å². The molecule has 0 aliphatic heterocycles. The fraction of sp³-hybridized carbons (Fsp3) is 0.0714. The molecule has 0 amide bonds. The van der Waals surface area contributed by atoms with E-state index in [9.17, 15) is 9.18 Å². The summed E-state index contributed by atoms with van der Waals surface area (Å²) in [5.41, 5.74) is 0.407. The van der Waals surface area contributed by atoms with Crippen LogP contribution in [0.2, 0.25) is 0 Å². The molecule has 0 aliphatic carbocycles. The van der Waals surface area contributed by atoms with Crippen molar-refractivity contribution in [3.8, 4) is 0 Å². The first kappa shape index (κ1) is 11.8. The molecule has 1 atom stereocenters. The summed E-state index contributed by atoms with van der Waals surface area (Å²) in [6.07, 6.45) is 0. The molecule has 2 rings (SSSR count). The van der Waals surface area contributed by atoms with Crippen molar-refractivity contribution in [1.29, 1.82) is 0 Å². The highest BCUT2D eigenvalue weighted by Gasteiger charge is 2.38. The van der Waals surface area contributed by atoms with Gasteiger partial charge in [-0.1, -0.05) is 72.3 Å². The summed E-state index contributed by atoms with van der Waals surface area (Å²) >= 11 is 5.73. The van der Waals surface area contributed by atoms with Gasteiger partial charge in [0.2, 0.25) is 5.78 Å². The van der Waals surface area contributed by atoms with E-state index in [1.54, 1.807) is 48.5 Å². The van der Waals surface area contributed by atoms with Gasteiger partial charge in [-0.3, -0.25) is 4.79 Å². The average molecular weight is 249 g/mol. The molecule has 0 fully saturated rings. The van der Waals surface area contributed by atoms with E-state index in [0.717, 1.165) is 0 Å². The summed E-state index contributed by atoms with van der Waals surface area (Å²) in [6, 6.07) is 16.2. The van der Waals surface area contributed by atoms with E-state index < -0.39 is 10.9 Å². The van der Waals surface area contributed by atoms with Crippen molar-refractivity contribution in [2.75, 3.05) is 0 Å². The number of ketones is 1. The van der Waals surface area contributed by atoms with Crippen LogP contribution in [0.5, 0.6) is 0 Å². The minimum absolute atomic E-state index is 0.149. The molecule has 0 radical (unpaired) electrons. The lowest BCUT2D eigenvalue weighted by Crippen LogP contribution is -2.24. The SMILES string of the molecule is O=C(c1ccccc1)C(F)(Cl)c1ccccc1. The van der Waals surface area contributed by atoms with Crippen molar-refractivity contribution in [3.05, 3.63) is 71.8 Å². The zero-order valence-corrected chi connectivity index (χ0v) is 9.69. The summed E-state index contributed by atoms with van der Waals surface area (Å²) < 4.78 is 14.3. The fourth-order valence-electron chi connectivity index (χ4n) is 1.55. The van der Waals surface area contributed by atoms with Crippen molar-refractivity contribution in [3.63, 3.8) is 0 Å². The molecule has 3 heteroatoms. The second kappa shape index (κ2) is 4.68. The molecule has 86 valence electrons. The zero-order valence-electron chi connectivity index (χ0n) is 8.94.